The molecule has 164 valence electrons. The monoisotopic (exact) mass is 462 g/mol. The summed E-state index contributed by atoms with van der Waals surface area (Å²) >= 11 is 11.6. The molecule has 31 heavy (non-hydrogen) atoms. The van der Waals surface area contributed by atoms with Gasteiger partial charge >= 0.3 is 0 Å². The average Bonchev–Trinajstić information content (AvgIpc) is 3.45. The van der Waals surface area contributed by atoms with Crippen LogP contribution in [-0.2, 0) is 24.6 Å². The molecule has 3 heterocycles. The van der Waals surface area contributed by atoms with Crippen molar-refractivity contribution in [1.82, 2.24) is 29.8 Å². The van der Waals surface area contributed by atoms with Crippen molar-refractivity contribution in [3.63, 3.8) is 0 Å². The lowest BCUT2D eigenvalue weighted by molar-refractivity contribution is -0.128. The molecule has 0 bridgehead atoms. The molecule has 0 saturated carbocycles. The summed E-state index contributed by atoms with van der Waals surface area (Å²) in [5, 5.41) is 13.3. The summed E-state index contributed by atoms with van der Waals surface area (Å²) in [6, 6.07) is 7.34. The van der Waals surface area contributed by atoms with Crippen LogP contribution in [-0.4, -0.2) is 48.8 Å². The van der Waals surface area contributed by atoms with E-state index in [9.17, 15) is 4.79 Å². The van der Waals surface area contributed by atoms with E-state index in [2.05, 4.69) is 27.1 Å². The molecule has 2 aromatic heterocycles. The predicted octanol–water partition coefficient (Wildman–Crippen LogP) is 3.90. The lowest BCUT2D eigenvalue weighted by atomic mass is 10.2. The molecule has 9 nitrogen and oxygen atoms in total. The number of likely N-dealkylation sites (tertiary alicyclic amines) is 1. The van der Waals surface area contributed by atoms with Crippen LogP contribution in [0.25, 0.3) is 11.5 Å². The Morgan fingerprint density at radius 2 is 2.06 bits per heavy atom. The first kappa shape index (κ1) is 21.7. The number of carbonyl (C=O) groups excluding carboxylic acids is 1. The van der Waals surface area contributed by atoms with E-state index in [1.54, 1.807) is 15.6 Å². The second kappa shape index (κ2) is 9.71. The molecule has 0 aliphatic carbocycles. The normalized spacial score (nSPS) is 14.2. The maximum atomic E-state index is 11.8. The molecule has 1 aromatic carbocycles. The molecule has 1 saturated heterocycles. The van der Waals surface area contributed by atoms with Crippen LogP contribution in [0.2, 0.25) is 5.02 Å². The van der Waals surface area contributed by atoms with Gasteiger partial charge in [-0.1, -0.05) is 30.7 Å². The number of carbonyl (C=O) groups is 1. The summed E-state index contributed by atoms with van der Waals surface area (Å²) < 4.78 is 13.1. The Labute approximate surface area is 189 Å². The maximum absolute atomic E-state index is 11.8. The van der Waals surface area contributed by atoms with Gasteiger partial charge < -0.3 is 13.7 Å². The van der Waals surface area contributed by atoms with Crippen molar-refractivity contribution in [2.75, 3.05) is 13.1 Å². The number of nitrogens with zero attached hydrogens (tertiary/aromatic N) is 6. The molecular weight excluding hydrogens is 440 g/mol. The molecular formula is C20H23ClN6O3S. The van der Waals surface area contributed by atoms with Gasteiger partial charge in [-0.3, -0.25) is 9.69 Å². The minimum atomic E-state index is 0.119. The average molecular weight is 463 g/mol. The van der Waals surface area contributed by atoms with E-state index in [-0.39, 0.29) is 10.7 Å². The number of amides is 1. The molecule has 1 fully saturated rings. The highest BCUT2D eigenvalue weighted by Crippen LogP contribution is 2.26. The quantitative estimate of drug-likeness (QED) is 0.442. The van der Waals surface area contributed by atoms with Crippen molar-refractivity contribution in [3.8, 4) is 11.5 Å². The molecule has 3 aromatic rings. The second-order valence-corrected chi connectivity index (χ2v) is 8.11. The van der Waals surface area contributed by atoms with Gasteiger partial charge in [0.2, 0.25) is 23.6 Å². The number of hydrogen-bond acceptors (Lipinski definition) is 8. The van der Waals surface area contributed by atoms with Crippen LogP contribution in [0.5, 0.6) is 0 Å². The van der Waals surface area contributed by atoms with Crippen LogP contribution in [0.15, 0.2) is 33.1 Å². The largest absolute Gasteiger partial charge is 0.419 e. The van der Waals surface area contributed by atoms with Crippen molar-refractivity contribution < 1.29 is 13.6 Å². The van der Waals surface area contributed by atoms with E-state index >= 15 is 0 Å². The molecule has 1 aliphatic rings. The summed E-state index contributed by atoms with van der Waals surface area (Å²) in [5.41, 5.74) is 0.699. The summed E-state index contributed by atoms with van der Waals surface area (Å²) in [6.07, 6.45) is 2.36. The molecule has 4 rings (SSSR count). The number of hydrogen-bond donors (Lipinski definition) is 0. The summed E-state index contributed by atoms with van der Waals surface area (Å²) in [7, 11) is 0. The molecule has 0 atom stereocenters. The number of benzene rings is 1. The second-order valence-electron chi connectivity index (χ2n) is 7.35. The van der Waals surface area contributed by atoms with Gasteiger partial charge in [-0.15, -0.1) is 15.3 Å². The van der Waals surface area contributed by atoms with Gasteiger partial charge in [0.1, 0.15) is 0 Å². The zero-order chi connectivity index (χ0) is 21.8. The first-order valence-corrected chi connectivity index (χ1v) is 11.0. The fraction of sp³-hybridized carbons (Fsp3) is 0.450. The fourth-order valence-electron chi connectivity index (χ4n) is 3.49. The van der Waals surface area contributed by atoms with E-state index in [0.29, 0.717) is 54.4 Å². The lowest BCUT2D eigenvalue weighted by Gasteiger charge is -2.18. The Balaban J connectivity index is 1.45. The summed E-state index contributed by atoms with van der Waals surface area (Å²) in [4.78, 5) is 15.9. The van der Waals surface area contributed by atoms with Crippen LogP contribution in [0.1, 0.15) is 38.0 Å². The van der Waals surface area contributed by atoms with E-state index in [1.165, 1.54) is 0 Å². The minimum absolute atomic E-state index is 0.119. The Morgan fingerprint density at radius 1 is 1.23 bits per heavy atom. The third kappa shape index (κ3) is 5.20. The zero-order valence-electron chi connectivity index (χ0n) is 17.2. The number of halogens is 1. The van der Waals surface area contributed by atoms with Gasteiger partial charge in [-0.2, -0.15) is 0 Å². The Kier molecular flexibility index (Phi) is 6.79. The first-order chi connectivity index (χ1) is 15.0. The highest BCUT2D eigenvalue weighted by atomic mass is 35.5. The fourth-order valence-corrected chi connectivity index (χ4v) is 3.91. The third-order valence-electron chi connectivity index (χ3n) is 4.95. The highest BCUT2D eigenvalue weighted by Gasteiger charge is 2.23. The lowest BCUT2D eigenvalue weighted by Crippen LogP contribution is -2.28. The summed E-state index contributed by atoms with van der Waals surface area (Å²) in [6.45, 7) is 4.77. The Hall–Kier alpha value is -2.56. The van der Waals surface area contributed by atoms with Crippen molar-refractivity contribution in [2.45, 2.75) is 45.9 Å². The highest BCUT2D eigenvalue weighted by molar-refractivity contribution is 7.71. The van der Waals surface area contributed by atoms with E-state index < -0.39 is 0 Å². The topological polar surface area (TPSA) is 93.4 Å². The van der Waals surface area contributed by atoms with Gasteiger partial charge in [0.15, 0.2) is 0 Å². The van der Waals surface area contributed by atoms with Gasteiger partial charge in [0.25, 0.3) is 4.84 Å². The predicted molar refractivity (Wildman–Crippen MR) is 115 cm³/mol. The maximum Gasteiger partial charge on any atom is 0.288 e. The Bertz CT molecular complexity index is 1110. The van der Waals surface area contributed by atoms with E-state index in [4.69, 9.17) is 32.7 Å². The van der Waals surface area contributed by atoms with Crippen molar-refractivity contribution in [1.29, 1.82) is 0 Å². The van der Waals surface area contributed by atoms with Crippen molar-refractivity contribution in [3.05, 3.63) is 45.9 Å². The zero-order valence-corrected chi connectivity index (χ0v) is 18.7. The molecule has 0 N–H and O–H groups in total. The molecule has 0 unspecified atom stereocenters. The van der Waals surface area contributed by atoms with Gasteiger partial charge in [0.05, 0.1) is 30.3 Å². The molecule has 1 amide bonds. The van der Waals surface area contributed by atoms with Crippen LogP contribution in [0.3, 0.4) is 0 Å². The van der Waals surface area contributed by atoms with E-state index in [1.807, 2.05) is 18.2 Å². The minimum Gasteiger partial charge on any atom is -0.419 e. The SMILES string of the molecule is CCCN(Cc1nnc(-c2ccccc2Cl)o1)Cn1nc(CN2CCCC2=O)oc1=S. The van der Waals surface area contributed by atoms with Crippen LogP contribution in [0, 0.1) is 4.84 Å². The smallest absolute Gasteiger partial charge is 0.288 e. The van der Waals surface area contributed by atoms with Crippen LogP contribution in [0.4, 0.5) is 0 Å². The first-order valence-electron chi connectivity index (χ1n) is 10.2. The molecule has 0 spiro atoms. The summed E-state index contributed by atoms with van der Waals surface area (Å²) in [5.74, 6) is 1.42. The van der Waals surface area contributed by atoms with E-state index in [0.717, 1.165) is 25.9 Å². The third-order valence-corrected chi connectivity index (χ3v) is 5.57. The molecule has 1 aliphatic heterocycles. The number of rotatable bonds is 9. The Morgan fingerprint density at radius 3 is 2.81 bits per heavy atom. The van der Waals surface area contributed by atoms with Gasteiger partial charge in [0, 0.05) is 19.5 Å². The van der Waals surface area contributed by atoms with Crippen molar-refractivity contribution in [2.24, 2.45) is 0 Å². The molecule has 0 radical (unpaired) electrons. The van der Waals surface area contributed by atoms with Crippen LogP contribution >= 0.6 is 23.8 Å². The van der Waals surface area contributed by atoms with Gasteiger partial charge in [-0.05, 0) is 37.2 Å². The molecule has 11 heteroatoms. The van der Waals surface area contributed by atoms with Crippen molar-refractivity contribution >= 4 is 29.7 Å². The van der Waals surface area contributed by atoms with Crippen LogP contribution < -0.4 is 0 Å². The van der Waals surface area contributed by atoms with Gasteiger partial charge in [-0.25, -0.2) is 4.68 Å². The standard InChI is InChI=1S/C20H23ClN6O3S/c1-2-9-25(11-16-22-23-19(29-16)14-6-3-4-7-15(14)21)13-27-20(31)30-17(24-27)12-26-10-5-8-18(26)28/h3-4,6-7H,2,5,8-13H2,1H3. The number of aromatic nitrogens is 4.